The monoisotopic (exact) mass is 273 g/mol. The lowest BCUT2D eigenvalue weighted by Crippen LogP contribution is -2.19. The number of hydrogen-bond donors (Lipinski definition) is 1. The molecule has 0 saturated carbocycles. The molecule has 2 aromatic rings. The highest BCUT2D eigenvalue weighted by atomic mass is 32.2. The summed E-state index contributed by atoms with van der Waals surface area (Å²) in [5.74, 6) is 0.857. The summed E-state index contributed by atoms with van der Waals surface area (Å²) in [6, 6.07) is 7.93. The zero-order chi connectivity index (χ0) is 13.2. The molecule has 5 heteroatoms. The lowest BCUT2D eigenvalue weighted by molar-refractivity contribution is 0.414. The molecule has 2 N–H and O–H groups in total. The van der Waals surface area contributed by atoms with Gasteiger partial charge in [0.25, 0.3) is 0 Å². The molecular weight excluding hydrogens is 258 g/mol. The fourth-order valence-corrected chi connectivity index (χ4v) is 3.41. The standard InChI is InChI=1S/C14H15N3OS/c1-18-10-4-3-9-7-12(13(15)11(9)8-10)19-14-16-5-2-6-17-14/h2-6,8,12-13H,7,15H2,1H3. The van der Waals surface area contributed by atoms with Gasteiger partial charge in [0.05, 0.1) is 7.11 Å². The molecule has 1 aromatic carbocycles. The van der Waals surface area contributed by atoms with Gasteiger partial charge in [0, 0.05) is 23.7 Å². The summed E-state index contributed by atoms with van der Waals surface area (Å²) < 4.78 is 5.25. The summed E-state index contributed by atoms with van der Waals surface area (Å²) in [5, 5.41) is 1.06. The van der Waals surface area contributed by atoms with Crippen LogP contribution in [0, 0.1) is 0 Å². The van der Waals surface area contributed by atoms with Crippen molar-refractivity contribution >= 4 is 11.8 Å². The molecule has 1 aliphatic rings. The van der Waals surface area contributed by atoms with E-state index in [1.807, 2.05) is 18.2 Å². The molecule has 1 aliphatic carbocycles. The fourth-order valence-electron chi connectivity index (χ4n) is 2.34. The van der Waals surface area contributed by atoms with Crippen LogP contribution in [0.15, 0.2) is 41.8 Å². The van der Waals surface area contributed by atoms with Crippen molar-refractivity contribution in [1.82, 2.24) is 9.97 Å². The minimum Gasteiger partial charge on any atom is -0.497 e. The second-order valence-corrected chi connectivity index (χ2v) is 5.69. The zero-order valence-corrected chi connectivity index (χ0v) is 11.4. The third kappa shape index (κ3) is 2.43. The number of methoxy groups -OCH3 is 1. The topological polar surface area (TPSA) is 61.0 Å². The molecule has 0 aliphatic heterocycles. The summed E-state index contributed by atoms with van der Waals surface area (Å²) in [6.45, 7) is 0. The molecule has 0 amide bonds. The number of ether oxygens (including phenoxy) is 1. The smallest absolute Gasteiger partial charge is 0.187 e. The van der Waals surface area contributed by atoms with Crippen LogP contribution in [-0.4, -0.2) is 22.3 Å². The van der Waals surface area contributed by atoms with Gasteiger partial charge in [-0.15, -0.1) is 0 Å². The van der Waals surface area contributed by atoms with E-state index in [-0.39, 0.29) is 11.3 Å². The molecule has 0 bridgehead atoms. The lowest BCUT2D eigenvalue weighted by Gasteiger charge is -2.14. The van der Waals surface area contributed by atoms with Gasteiger partial charge in [0.1, 0.15) is 5.75 Å². The van der Waals surface area contributed by atoms with Gasteiger partial charge in [-0.05, 0) is 35.7 Å². The predicted octanol–water partition coefficient (Wildman–Crippen LogP) is 2.20. The highest BCUT2D eigenvalue weighted by Gasteiger charge is 2.31. The summed E-state index contributed by atoms with van der Waals surface area (Å²) in [5.41, 5.74) is 8.80. The van der Waals surface area contributed by atoms with Crippen molar-refractivity contribution in [2.24, 2.45) is 5.73 Å². The maximum Gasteiger partial charge on any atom is 0.187 e. The molecule has 2 unspecified atom stereocenters. The average molecular weight is 273 g/mol. The van der Waals surface area contributed by atoms with E-state index in [1.54, 1.807) is 31.3 Å². The number of hydrogen-bond acceptors (Lipinski definition) is 5. The van der Waals surface area contributed by atoms with Crippen LogP contribution in [0.25, 0.3) is 0 Å². The molecule has 0 fully saturated rings. The van der Waals surface area contributed by atoms with Crippen LogP contribution >= 0.6 is 11.8 Å². The van der Waals surface area contributed by atoms with Crippen molar-refractivity contribution in [1.29, 1.82) is 0 Å². The van der Waals surface area contributed by atoms with Gasteiger partial charge in [0.2, 0.25) is 0 Å². The SMILES string of the molecule is COc1ccc2c(c1)C(N)C(Sc1ncccn1)C2. The second-order valence-electron chi connectivity index (χ2n) is 4.48. The fraction of sp³-hybridized carbons (Fsp3) is 0.286. The molecule has 2 atom stereocenters. The average Bonchev–Trinajstić information content (AvgIpc) is 2.76. The molecular formula is C14H15N3OS. The van der Waals surface area contributed by atoms with Gasteiger partial charge in [-0.1, -0.05) is 17.8 Å². The summed E-state index contributed by atoms with van der Waals surface area (Å²) in [6.07, 6.45) is 4.46. The number of aromatic nitrogens is 2. The van der Waals surface area contributed by atoms with Crippen molar-refractivity contribution < 1.29 is 4.74 Å². The molecule has 3 rings (SSSR count). The van der Waals surface area contributed by atoms with E-state index in [0.717, 1.165) is 17.3 Å². The minimum atomic E-state index is -0.00101. The van der Waals surface area contributed by atoms with Crippen LogP contribution in [0.2, 0.25) is 0 Å². The molecule has 98 valence electrons. The van der Waals surface area contributed by atoms with Crippen LogP contribution in [0.4, 0.5) is 0 Å². The van der Waals surface area contributed by atoms with E-state index < -0.39 is 0 Å². The quantitative estimate of drug-likeness (QED) is 0.869. The van der Waals surface area contributed by atoms with Crippen molar-refractivity contribution in [3.8, 4) is 5.75 Å². The van der Waals surface area contributed by atoms with E-state index in [4.69, 9.17) is 10.5 Å². The Kier molecular flexibility index (Phi) is 3.40. The first-order valence-electron chi connectivity index (χ1n) is 6.14. The van der Waals surface area contributed by atoms with Crippen LogP contribution < -0.4 is 10.5 Å². The normalized spacial score (nSPS) is 21.2. The van der Waals surface area contributed by atoms with Gasteiger partial charge in [-0.2, -0.15) is 0 Å². The van der Waals surface area contributed by atoms with Crippen LogP contribution in [0.1, 0.15) is 17.2 Å². The van der Waals surface area contributed by atoms with Gasteiger partial charge in [-0.3, -0.25) is 0 Å². The van der Waals surface area contributed by atoms with E-state index in [1.165, 1.54) is 11.1 Å². The second kappa shape index (κ2) is 5.19. The molecule has 1 aromatic heterocycles. The van der Waals surface area contributed by atoms with Gasteiger partial charge in [-0.25, -0.2) is 9.97 Å². The predicted molar refractivity (Wildman–Crippen MR) is 75.3 cm³/mol. The minimum absolute atomic E-state index is 0.00101. The van der Waals surface area contributed by atoms with Crippen molar-refractivity contribution in [2.75, 3.05) is 7.11 Å². The lowest BCUT2D eigenvalue weighted by atomic mass is 10.1. The van der Waals surface area contributed by atoms with E-state index in [0.29, 0.717) is 0 Å². The Balaban J connectivity index is 1.81. The van der Waals surface area contributed by atoms with Crippen molar-refractivity contribution in [2.45, 2.75) is 22.9 Å². The number of benzene rings is 1. The third-order valence-electron chi connectivity index (χ3n) is 3.33. The van der Waals surface area contributed by atoms with Crippen molar-refractivity contribution in [3.63, 3.8) is 0 Å². The molecule has 4 nitrogen and oxygen atoms in total. The van der Waals surface area contributed by atoms with E-state index in [9.17, 15) is 0 Å². The summed E-state index contributed by atoms with van der Waals surface area (Å²) in [4.78, 5) is 8.49. The Morgan fingerprint density at radius 3 is 2.84 bits per heavy atom. The highest BCUT2D eigenvalue weighted by molar-refractivity contribution is 7.99. The Morgan fingerprint density at radius 2 is 2.11 bits per heavy atom. The Labute approximate surface area is 116 Å². The summed E-state index contributed by atoms with van der Waals surface area (Å²) >= 11 is 1.64. The third-order valence-corrected chi connectivity index (χ3v) is 4.52. The van der Waals surface area contributed by atoms with Crippen LogP contribution in [0.3, 0.4) is 0 Å². The van der Waals surface area contributed by atoms with E-state index in [2.05, 4.69) is 16.0 Å². The van der Waals surface area contributed by atoms with Crippen LogP contribution in [0.5, 0.6) is 5.75 Å². The number of rotatable bonds is 3. The first kappa shape index (κ1) is 12.4. The van der Waals surface area contributed by atoms with Gasteiger partial charge < -0.3 is 10.5 Å². The Morgan fingerprint density at radius 1 is 1.32 bits per heavy atom. The van der Waals surface area contributed by atoms with E-state index >= 15 is 0 Å². The molecule has 19 heavy (non-hydrogen) atoms. The largest absolute Gasteiger partial charge is 0.497 e. The maximum absolute atomic E-state index is 6.33. The number of nitrogens with zero attached hydrogens (tertiary/aromatic N) is 2. The first-order chi connectivity index (χ1) is 9.28. The molecule has 1 heterocycles. The first-order valence-corrected chi connectivity index (χ1v) is 7.02. The van der Waals surface area contributed by atoms with Gasteiger partial charge in [0.15, 0.2) is 5.16 Å². The number of fused-ring (bicyclic) bond motifs is 1. The maximum atomic E-state index is 6.33. The molecule has 0 radical (unpaired) electrons. The van der Waals surface area contributed by atoms with Crippen molar-refractivity contribution in [3.05, 3.63) is 47.8 Å². The Bertz CT molecular complexity index is 576. The number of thioether (sulfide) groups is 1. The number of nitrogens with two attached hydrogens (primary N) is 1. The highest BCUT2D eigenvalue weighted by Crippen LogP contribution is 2.40. The molecule has 0 saturated heterocycles. The zero-order valence-electron chi connectivity index (χ0n) is 10.6. The van der Waals surface area contributed by atoms with Gasteiger partial charge >= 0.3 is 0 Å². The molecule has 0 spiro atoms. The summed E-state index contributed by atoms with van der Waals surface area (Å²) in [7, 11) is 1.67. The van der Waals surface area contributed by atoms with Crippen LogP contribution in [-0.2, 0) is 6.42 Å². The Hall–Kier alpha value is -1.59.